The van der Waals surface area contributed by atoms with Crippen LogP contribution in [-0.4, -0.2) is 26.2 Å². The zero-order valence-corrected chi connectivity index (χ0v) is 12.6. The summed E-state index contributed by atoms with van der Waals surface area (Å²) in [4.78, 5) is 11.3. The number of ether oxygens (including phenoxy) is 2. The third-order valence-electron chi connectivity index (χ3n) is 2.73. The zero-order chi connectivity index (χ0) is 13.7. The molecule has 1 N–H and O–H groups in total. The van der Waals surface area contributed by atoms with Crippen molar-refractivity contribution in [2.45, 2.75) is 25.9 Å². The standard InChI is InChI=1S/C13H18BrNO3/c1-8(15-9(2)13(16)18-4)10-5-6-12(17-3)11(14)7-10/h5-9,15H,1-4H3. The molecule has 0 amide bonds. The number of esters is 1. The van der Waals surface area contributed by atoms with E-state index < -0.39 is 0 Å². The highest BCUT2D eigenvalue weighted by molar-refractivity contribution is 9.10. The molecular formula is C13H18BrNO3. The Morgan fingerprint density at radius 3 is 2.50 bits per heavy atom. The number of rotatable bonds is 5. The van der Waals surface area contributed by atoms with Gasteiger partial charge in [0.05, 0.1) is 18.7 Å². The topological polar surface area (TPSA) is 47.6 Å². The molecule has 0 bridgehead atoms. The van der Waals surface area contributed by atoms with Crippen molar-refractivity contribution in [3.8, 4) is 5.75 Å². The summed E-state index contributed by atoms with van der Waals surface area (Å²) in [5.74, 6) is 0.515. The minimum absolute atomic E-state index is 0.0429. The second kappa shape index (κ2) is 6.75. The van der Waals surface area contributed by atoms with E-state index in [9.17, 15) is 4.79 Å². The summed E-state index contributed by atoms with van der Waals surface area (Å²) < 4.78 is 10.7. The minimum Gasteiger partial charge on any atom is -0.496 e. The Kier molecular flexibility index (Phi) is 5.62. The van der Waals surface area contributed by atoms with Crippen molar-refractivity contribution in [2.75, 3.05) is 14.2 Å². The molecule has 5 heteroatoms. The van der Waals surface area contributed by atoms with Crippen molar-refractivity contribution in [2.24, 2.45) is 0 Å². The Morgan fingerprint density at radius 1 is 1.33 bits per heavy atom. The average Bonchev–Trinajstić information content (AvgIpc) is 2.37. The van der Waals surface area contributed by atoms with Crippen molar-refractivity contribution in [1.82, 2.24) is 5.32 Å². The SMILES string of the molecule is COC(=O)C(C)NC(C)c1ccc(OC)c(Br)c1. The molecule has 0 aliphatic heterocycles. The fraction of sp³-hybridized carbons (Fsp3) is 0.462. The van der Waals surface area contributed by atoms with Crippen LogP contribution >= 0.6 is 15.9 Å². The molecule has 0 saturated carbocycles. The molecule has 2 atom stereocenters. The zero-order valence-electron chi connectivity index (χ0n) is 11.0. The second-order valence-electron chi connectivity index (χ2n) is 4.03. The average molecular weight is 316 g/mol. The van der Waals surface area contributed by atoms with Gasteiger partial charge in [-0.15, -0.1) is 0 Å². The van der Waals surface area contributed by atoms with Crippen LogP contribution in [0.1, 0.15) is 25.5 Å². The molecule has 0 spiro atoms. The van der Waals surface area contributed by atoms with Crippen molar-refractivity contribution in [3.63, 3.8) is 0 Å². The van der Waals surface area contributed by atoms with Crippen molar-refractivity contribution < 1.29 is 14.3 Å². The smallest absolute Gasteiger partial charge is 0.322 e. The molecule has 0 aliphatic carbocycles. The summed E-state index contributed by atoms with van der Waals surface area (Å²) >= 11 is 3.44. The maximum absolute atomic E-state index is 11.3. The molecule has 0 aliphatic rings. The van der Waals surface area contributed by atoms with Gasteiger partial charge in [-0.25, -0.2) is 0 Å². The lowest BCUT2D eigenvalue weighted by atomic mass is 10.1. The highest BCUT2D eigenvalue weighted by Crippen LogP contribution is 2.28. The minimum atomic E-state index is -0.342. The lowest BCUT2D eigenvalue weighted by molar-refractivity contribution is -0.142. The van der Waals surface area contributed by atoms with Crippen LogP contribution in [0.15, 0.2) is 22.7 Å². The molecule has 0 aromatic heterocycles. The fourth-order valence-electron chi connectivity index (χ4n) is 1.67. The van der Waals surface area contributed by atoms with E-state index in [0.717, 1.165) is 15.8 Å². The molecule has 1 aromatic carbocycles. The lowest BCUT2D eigenvalue weighted by Gasteiger charge is -2.19. The van der Waals surface area contributed by atoms with Crippen molar-refractivity contribution in [1.29, 1.82) is 0 Å². The Labute approximate surface area is 116 Å². The summed E-state index contributed by atoms with van der Waals surface area (Å²) in [5.41, 5.74) is 1.07. The molecule has 1 aromatic rings. The Balaban J connectivity index is 2.75. The van der Waals surface area contributed by atoms with Gasteiger partial charge in [-0.2, -0.15) is 0 Å². The maximum atomic E-state index is 11.3. The number of carbonyl (C=O) groups is 1. The summed E-state index contributed by atoms with van der Waals surface area (Å²) in [6, 6.07) is 5.53. The predicted molar refractivity (Wildman–Crippen MR) is 73.7 cm³/mol. The van der Waals surface area contributed by atoms with E-state index in [0.29, 0.717) is 0 Å². The van der Waals surface area contributed by atoms with Crippen LogP contribution < -0.4 is 10.1 Å². The largest absolute Gasteiger partial charge is 0.496 e. The first kappa shape index (κ1) is 15.0. The van der Waals surface area contributed by atoms with Gasteiger partial charge in [0.2, 0.25) is 0 Å². The normalized spacial score (nSPS) is 13.8. The van der Waals surface area contributed by atoms with E-state index in [2.05, 4.69) is 26.0 Å². The maximum Gasteiger partial charge on any atom is 0.322 e. The fourth-order valence-corrected chi connectivity index (χ4v) is 2.23. The van der Waals surface area contributed by atoms with Gasteiger partial charge in [0, 0.05) is 6.04 Å². The van der Waals surface area contributed by atoms with Crippen LogP contribution in [-0.2, 0) is 9.53 Å². The molecule has 1 rings (SSSR count). The quantitative estimate of drug-likeness (QED) is 0.849. The number of carbonyl (C=O) groups excluding carboxylic acids is 1. The third-order valence-corrected chi connectivity index (χ3v) is 3.35. The van der Waals surface area contributed by atoms with Crippen LogP contribution in [0.3, 0.4) is 0 Å². The molecule has 18 heavy (non-hydrogen) atoms. The predicted octanol–water partition coefficient (Wildman–Crippen LogP) is 2.67. The van der Waals surface area contributed by atoms with Gasteiger partial charge in [-0.05, 0) is 47.5 Å². The van der Waals surface area contributed by atoms with E-state index >= 15 is 0 Å². The Hall–Kier alpha value is -1.07. The number of hydrogen-bond donors (Lipinski definition) is 1. The number of methoxy groups -OCH3 is 2. The van der Waals surface area contributed by atoms with Crippen LogP contribution in [0.4, 0.5) is 0 Å². The van der Waals surface area contributed by atoms with E-state index in [1.54, 1.807) is 14.0 Å². The van der Waals surface area contributed by atoms with Crippen LogP contribution in [0.5, 0.6) is 5.75 Å². The lowest BCUT2D eigenvalue weighted by Crippen LogP contribution is -2.36. The van der Waals surface area contributed by atoms with Crippen LogP contribution in [0, 0.1) is 0 Å². The molecule has 100 valence electrons. The van der Waals surface area contributed by atoms with Gasteiger partial charge in [0.1, 0.15) is 11.8 Å². The Bertz CT molecular complexity index is 423. The third kappa shape index (κ3) is 3.71. The van der Waals surface area contributed by atoms with Gasteiger partial charge < -0.3 is 9.47 Å². The molecule has 0 fully saturated rings. The molecule has 2 unspecified atom stereocenters. The molecule has 0 saturated heterocycles. The number of hydrogen-bond acceptors (Lipinski definition) is 4. The van der Waals surface area contributed by atoms with Gasteiger partial charge >= 0.3 is 5.97 Å². The first-order valence-electron chi connectivity index (χ1n) is 5.67. The Morgan fingerprint density at radius 2 is 2.00 bits per heavy atom. The molecule has 0 radical (unpaired) electrons. The monoisotopic (exact) mass is 315 g/mol. The number of nitrogens with one attached hydrogen (secondary N) is 1. The van der Waals surface area contributed by atoms with Crippen molar-refractivity contribution in [3.05, 3.63) is 28.2 Å². The van der Waals surface area contributed by atoms with Gasteiger partial charge in [0.15, 0.2) is 0 Å². The summed E-state index contributed by atoms with van der Waals surface area (Å²) in [6.07, 6.45) is 0. The van der Waals surface area contributed by atoms with Crippen LogP contribution in [0.25, 0.3) is 0 Å². The molecule has 0 heterocycles. The highest BCUT2D eigenvalue weighted by atomic mass is 79.9. The van der Waals surface area contributed by atoms with E-state index in [1.807, 2.05) is 25.1 Å². The molecule has 4 nitrogen and oxygen atoms in total. The molecular weight excluding hydrogens is 298 g/mol. The first-order chi connectivity index (χ1) is 8.49. The summed E-state index contributed by atoms with van der Waals surface area (Å²) in [7, 11) is 3.01. The number of benzene rings is 1. The van der Waals surface area contributed by atoms with Gasteiger partial charge in [-0.3, -0.25) is 10.1 Å². The van der Waals surface area contributed by atoms with Crippen LogP contribution in [0.2, 0.25) is 0 Å². The highest BCUT2D eigenvalue weighted by Gasteiger charge is 2.17. The van der Waals surface area contributed by atoms with Gasteiger partial charge in [-0.1, -0.05) is 6.07 Å². The van der Waals surface area contributed by atoms with E-state index in [1.165, 1.54) is 7.11 Å². The first-order valence-corrected chi connectivity index (χ1v) is 6.46. The van der Waals surface area contributed by atoms with Crippen molar-refractivity contribution >= 4 is 21.9 Å². The summed E-state index contributed by atoms with van der Waals surface area (Å²) in [5, 5.41) is 3.18. The second-order valence-corrected chi connectivity index (χ2v) is 4.88. The summed E-state index contributed by atoms with van der Waals surface area (Å²) in [6.45, 7) is 3.77. The van der Waals surface area contributed by atoms with Gasteiger partial charge in [0.25, 0.3) is 0 Å². The number of halogens is 1. The van der Waals surface area contributed by atoms with E-state index in [-0.39, 0.29) is 18.1 Å². The van der Waals surface area contributed by atoms with E-state index in [4.69, 9.17) is 4.74 Å².